The molecule has 10 nitrogen and oxygen atoms in total. The standard InChI is InChI=1S/C26H25N5O5S/c1-31-16-28-15-23(31)26(24(32)11-17-5-6-17)19-8-7-18(14-27)22(12-19)36-20-3-2-4-21(13-20)37(34,35)29-10-9-25(33)30-26/h2-4,7-8,12-13,15-17,29H,5-6,9-11H2,1H3,(H,30,33). The number of benzene rings is 2. The van der Waals surface area contributed by atoms with E-state index in [0.29, 0.717) is 11.3 Å². The van der Waals surface area contributed by atoms with Crippen LogP contribution < -0.4 is 14.8 Å². The number of nitriles is 1. The number of nitrogens with one attached hydrogen (secondary N) is 2. The zero-order valence-corrected chi connectivity index (χ0v) is 20.9. The molecule has 1 atom stereocenters. The first kappa shape index (κ1) is 24.7. The number of carbonyl (C=O) groups excluding carboxylic acids is 2. The minimum Gasteiger partial charge on any atom is -0.456 e. The summed E-state index contributed by atoms with van der Waals surface area (Å²) in [5.74, 6) is -0.193. The van der Waals surface area contributed by atoms with E-state index in [-0.39, 0.29) is 53.0 Å². The van der Waals surface area contributed by atoms with Crippen molar-refractivity contribution in [3.8, 4) is 17.6 Å². The molecule has 1 unspecified atom stereocenters. The lowest BCUT2D eigenvalue weighted by atomic mass is 9.79. The number of sulfonamides is 1. The van der Waals surface area contributed by atoms with Crippen LogP contribution in [0.5, 0.6) is 11.5 Å². The maximum atomic E-state index is 14.0. The first-order chi connectivity index (χ1) is 17.7. The zero-order chi connectivity index (χ0) is 26.2. The Morgan fingerprint density at radius 1 is 1.27 bits per heavy atom. The lowest BCUT2D eigenvalue weighted by Gasteiger charge is -2.35. The first-order valence-corrected chi connectivity index (χ1v) is 13.3. The van der Waals surface area contributed by atoms with Crippen molar-refractivity contribution in [2.45, 2.75) is 36.1 Å². The number of Topliss-reactive ketones (excluding diaryl/α,β-unsaturated/α-hetero) is 1. The number of hydrogen-bond donors (Lipinski definition) is 2. The molecule has 1 amide bonds. The molecule has 190 valence electrons. The number of fused-ring (bicyclic) bond motifs is 4. The lowest BCUT2D eigenvalue weighted by Crippen LogP contribution is -2.54. The first-order valence-electron chi connectivity index (χ1n) is 11.9. The van der Waals surface area contributed by atoms with Crippen LogP contribution in [0.1, 0.15) is 42.5 Å². The highest BCUT2D eigenvalue weighted by molar-refractivity contribution is 7.89. The minimum atomic E-state index is -3.94. The molecule has 0 spiro atoms. The van der Waals surface area contributed by atoms with Gasteiger partial charge in [0, 0.05) is 32.5 Å². The van der Waals surface area contributed by atoms with E-state index in [2.05, 4.69) is 21.1 Å². The Balaban J connectivity index is 1.74. The van der Waals surface area contributed by atoms with E-state index < -0.39 is 21.5 Å². The van der Waals surface area contributed by atoms with Crippen LogP contribution in [-0.2, 0) is 32.2 Å². The predicted molar refractivity (Wildman–Crippen MR) is 132 cm³/mol. The summed E-state index contributed by atoms with van der Waals surface area (Å²) in [6.07, 6.45) is 4.98. The molecule has 0 saturated heterocycles. The van der Waals surface area contributed by atoms with Crippen LogP contribution >= 0.6 is 0 Å². The monoisotopic (exact) mass is 519 g/mol. The maximum absolute atomic E-state index is 14.0. The number of hydrogen-bond acceptors (Lipinski definition) is 7. The lowest BCUT2D eigenvalue weighted by molar-refractivity contribution is -0.131. The molecule has 11 heteroatoms. The molecule has 1 fully saturated rings. The second-order valence-electron chi connectivity index (χ2n) is 9.31. The second kappa shape index (κ2) is 9.46. The van der Waals surface area contributed by atoms with Gasteiger partial charge in [0.05, 0.1) is 28.7 Å². The summed E-state index contributed by atoms with van der Waals surface area (Å²) in [4.78, 5) is 31.5. The molecule has 37 heavy (non-hydrogen) atoms. The average molecular weight is 520 g/mol. The molecule has 2 heterocycles. The molecule has 1 aliphatic heterocycles. The average Bonchev–Trinajstić information content (AvgIpc) is 3.58. The quantitative estimate of drug-likeness (QED) is 0.539. The van der Waals surface area contributed by atoms with Crippen LogP contribution in [-0.4, -0.2) is 36.2 Å². The van der Waals surface area contributed by atoms with Crippen molar-refractivity contribution in [3.05, 3.63) is 71.8 Å². The van der Waals surface area contributed by atoms with Crippen LogP contribution in [0.25, 0.3) is 0 Å². The molecule has 4 bridgehead atoms. The van der Waals surface area contributed by atoms with Gasteiger partial charge in [0.15, 0.2) is 11.3 Å². The number of aromatic nitrogens is 2. The Morgan fingerprint density at radius 2 is 2.08 bits per heavy atom. The Labute approximate surface area is 214 Å². The van der Waals surface area contributed by atoms with E-state index in [1.54, 1.807) is 36.1 Å². The molecular weight excluding hydrogens is 494 g/mol. The van der Waals surface area contributed by atoms with Gasteiger partial charge in [0.1, 0.15) is 17.6 Å². The molecule has 1 aliphatic carbocycles. The molecule has 2 N–H and O–H groups in total. The van der Waals surface area contributed by atoms with Crippen molar-refractivity contribution in [2.75, 3.05) is 6.54 Å². The number of imidazole rings is 1. The van der Waals surface area contributed by atoms with Crippen LogP contribution in [0.3, 0.4) is 0 Å². The molecule has 0 radical (unpaired) electrons. The third-order valence-electron chi connectivity index (χ3n) is 6.64. The van der Waals surface area contributed by atoms with Gasteiger partial charge in [-0.05, 0) is 48.6 Å². The number of rotatable bonds is 4. The Bertz CT molecular complexity index is 1540. The molecule has 1 saturated carbocycles. The Kier molecular flexibility index (Phi) is 6.31. The van der Waals surface area contributed by atoms with E-state index in [1.165, 1.54) is 30.5 Å². The van der Waals surface area contributed by atoms with E-state index in [9.17, 15) is 23.3 Å². The number of aryl methyl sites for hydroxylation is 1. The molecule has 3 aromatic rings. The van der Waals surface area contributed by atoms with Crippen molar-refractivity contribution in [3.63, 3.8) is 0 Å². The second-order valence-corrected chi connectivity index (χ2v) is 11.1. The zero-order valence-electron chi connectivity index (χ0n) is 20.1. The molecule has 1 aromatic heterocycles. The summed E-state index contributed by atoms with van der Waals surface area (Å²) in [6.45, 7) is -0.170. The van der Waals surface area contributed by atoms with Crippen molar-refractivity contribution in [1.29, 1.82) is 5.26 Å². The van der Waals surface area contributed by atoms with Gasteiger partial charge in [-0.25, -0.2) is 18.1 Å². The topological polar surface area (TPSA) is 143 Å². The van der Waals surface area contributed by atoms with Gasteiger partial charge in [-0.2, -0.15) is 5.26 Å². The summed E-state index contributed by atoms with van der Waals surface area (Å²) >= 11 is 0. The largest absolute Gasteiger partial charge is 0.456 e. The molecule has 2 aliphatic rings. The number of amides is 1. The third kappa shape index (κ3) is 4.73. The smallest absolute Gasteiger partial charge is 0.240 e. The van der Waals surface area contributed by atoms with Crippen LogP contribution in [0.15, 0.2) is 59.9 Å². The van der Waals surface area contributed by atoms with Gasteiger partial charge in [0.2, 0.25) is 15.9 Å². The summed E-state index contributed by atoms with van der Waals surface area (Å²) in [6, 6.07) is 12.6. The van der Waals surface area contributed by atoms with Crippen molar-refractivity contribution in [2.24, 2.45) is 13.0 Å². The van der Waals surface area contributed by atoms with E-state index in [4.69, 9.17) is 4.74 Å². The number of carbonyl (C=O) groups is 2. The fourth-order valence-corrected chi connectivity index (χ4v) is 5.60. The number of nitrogens with zero attached hydrogens (tertiary/aromatic N) is 3. The van der Waals surface area contributed by atoms with Crippen molar-refractivity contribution < 1.29 is 22.7 Å². The van der Waals surface area contributed by atoms with Gasteiger partial charge in [-0.1, -0.05) is 12.1 Å². The summed E-state index contributed by atoms with van der Waals surface area (Å²) < 4.78 is 35.7. The van der Waals surface area contributed by atoms with Gasteiger partial charge < -0.3 is 14.6 Å². The summed E-state index contributed by atoms with van der Waals surface area (Å²) in [5, 5.41) is 12.7. The maximum Gasteiger partial charge on any atom is 0.240 e. The number of ketones is 1. The fourth-order valence-electron chi connectivity index (χ4n) is 4.53. The van der Waals surface area contributed by atoms with Gasteiger partial charge in [0.25, 0.3) is 0 Å². The molecule has 2 aromatic carbocycles. The fraction of sp³-hybridized carbons (Fsp3) is 0.308. The summed E-state index contributed by atoms with van der Waals surface area (Å²) in [5.41, 5.74) is -0.584. The Hall–Kier alpha value is -4.01. The third-order valence-corrected chi connectivity index (χ3v) is 8.10. The minimum absolute atomic E-state index is 0.0408. The van der Waals surface area contributed by atoms with E-state index in [0.717, 1.165) is 12.8 Å². The SMILES string of the molecule is Cn1cncc1C1(C(=O)CC2CC2)NC(=O)CCNS(=O)(=O)c2cccc(c2)Oc2cc1ccc2C#N. The van der Waals surface area contributed by atoms with Gasteiger partial charge in [-0.15, -0.1) is 0 Å². The number of ether oxygens (including phenoxy) is 1. The summed E-state index contributed by atoms with van der Waals surface area (Å²) in [7, 11) is -2.21. The van der Waals surface area contributed by atoms with Gasteiger partial charge >= 0.3 is 0 Å². The van der Waals surface area contributed by atoms with Gasteiger partial charge in [-0.3, -0.25) is 9.59 Å². The van der Waals surface area contributed by atoms with Crippen LogP contribution in [0, 0.1) is 17.2 Å². The van der Waals surface area contributed by atoms with Crippen LogP contribution in [0.4, 0.5) is 0 Å². The van der Waals surface area contributed by atoms with Crippen molar-refractivity contribution in [1.82, 2.24) is 19.6 Å². The van der Waals surface area contributed by atoms with Crippen molar-refractivity contribution >= 4 is 21.7 Å². The van der Waals surface area contributed by atoms with E-state index in [1.807, 2.05) is 0 Å². The Morgan fingerprint density at radius 3 is 2.78 bits per heavy atom. The predicted octanol–water partition coefficient (Wildman–Crippen LogP) is 2.50. The normalized spacial score (nSPS) is 21.1. The highest BCUT2D eigenvalue weighted by Gasteiger charge is 2.47. The van der Waals surface area contributed by atoms with Crippen LogP contribution in [0.2, 0.25) is 0 Å². The molecular formula is C26H25N5O5S. The van der Waals surface area contributed by atoms with E-state index >= 15 is 0 Å². The highest BCUT2D eigenvalue weighted by Crippen LogP contribution is 2.41. The highest BCUT2D eigenvalue weighted by atomic mass is 32.2. The molecule has 5 rings (SSSR count).